The topological polar surface area (TPSA) is 36.7 Å². The van der Waals surface area contributed by atoms with Crippen molar-refractivity contribution in [3.05, 3.63) is 23.2 Å². The van der Waals surface area contributed by atoms with E-state index in [4.69, 9.17) is 0 Å². The van der Waals surface area contributed by atoms with E-state index in [1.165, 1.54) is 25.9 Å². The normalized spacial score (nSPS) is 16.3. The number of fused-ring (bicyclic) bond motifs is 1. The number of aromatic nitrogens is 3. The monoisotopic (exact) mass is 323 g/mol. The Balaban J connectivity index is 1.76. The van der Waals surface area contributed by atoms with E-state index in [2.05, 4.69) is 42.7 Å². The zero-order valence-electron chi connectivity index (χ0n) is 11.1. The minimum atomic E-state index is 0.834. The second-order valence-electron chi connectivity index (χ2n) is 5.02. The van der Waals surface area contributed by atoms with E-state index in [0.29, 0.717) is 0 Å². The van der Waals surface area contributed by atoms with Gasteiger partial charge in [0.05, 0.1) is 0 Å². The highest BCUT2D eigenvalue weighted by Crippen LogP contribution is 2.20. The first kappa shape index (κ1) is 12.9. The molecule has 0 bridgehead atoms. The lowest BCUT2D eigenvalue weighted by Gasteiger charge is -2.22. The number of nitrogens with zero attached hydrogens (tertiary/aromatic N) is 5. The first-order chi connectivity index (χ1) is 9.24. The third-order valence-electron chi connectivity index (χ3n) is 3.64. The number of likely N-dealkylation sites (N-methyl/N-ethyl adjacent to an activating group) is 1. The van der Waals surface area contributed by atoms with Gasteiger partial charge < -0.3 is 14.2 Å². The van der Waals surface area contributed by atoms with E-state index < -0.39 is 0 Å². The van der Waals surface area contributed by atoms with Crippen molar-refractivity contribution in [1.29, 1.82) is 0 Å². The predicted octanol–water partition coefficient (Wildman–Crippen LogP) is 2.02. The van der Waals surface area contributed by atoms with Gasteiger partial charge in [0.15, 0.2) is 11.5 Å². The van der Waals surface area contributed by atoms with Crippen molar-refractivity contribution in [3.63, 3.8) is 0 Å². The molecular formula is C13H18BrN5. The van der Waals surface area contributed by atoms with Crippen LogP contribution in [-0.2, 0) is 0 Å². The number of anilines is 1. The highest BCUT2D eigenvalue weighted by atomic mass is 79.9. The molecule has 5 nitrogen and oxygen atoms in total. The summed E-state index contributed by atoms with van der Waals surface area (Å²) in [5, 5.41) is 0. The Morgan fingerprint density at radius 2 is 2.16 bits per heavy atom. The maximum absolute atomic E-state index is 4.56. The second-order valence-corrected chi connectivity index (χ2v) is 5.83. The fourth-order valence-corrected chi connectivity index (χ4v) is 2.93. The van der Waals surface area contributed by atoms with E-state index in [0.717, 1.165) is 29.2 Å². The zero-order chi connectivity index (χ0) is 13.2. The van der Waals surface area contributed by atoms with Crippen LogP contribution in [0.4, 0.5) is 5.82 Å². The van der Waals surface area contributed by atoms with E-state index in [1.807, 2.05) is 16.8 Å². The van der Waals surface area contributed by atoms with Crippen LogP contribution in [0.5, 0.6) is 0 Å². The first-order valence-electron chi connectivity index (χ1n) is 6.67. The van der Waals surface area contributed by atoms with Crippen LogP contribution in [0.2, 0.25) is 0 Å². The molecule has 2 aromatic rings. The van der Waals surface area contributed by atoms with Gasteiger partial charge in [-0.05, 0) is 41.9 Å². The van der Waals surface area contributed by atoms with Gasteiger partial charge >= 0.3 is 0 Å². The van der Waals surface area contributed by atoms with E-state index >= 15 is 0 Å². The van der Waals surface area contributed by atoms with Gasteiger partial charge in [0.25, 0.3) is 0 Å². The maximum Gasteiger partial charge on any atom is 0.180 e. The first-order valence-corrected chi connectivity index (χ1v) is 7.46. The van der Waals surface area contributed by atoms with Gasteiger partial charge in [-0.25, -0.2) is 9.97 Å². The minimum absolute atomic E-state index is 0.834. The Labute approximate surface area is 121 Å². The largest absolute Gasteiger partial charge is 0.355 e. The predicted molar refractivity (Wildman–Crippen MR) is 79.6 cm³/mol. The SMILES string of the molecule is CN(CCN1CCCC1)c1nc(Br)cn2ccnc12. The number of rotatable bonds is 4. The molecular weight excluding hydrogens is 306 g/mol. The summed E-state index contributed by atoms with van der Waals surface area (Å²) in [4.78, 5) is 13.6. The van der Waals surface area contributed by atoms with Crippen LogP contribution in [0.25, 0.3) is 5.65 Å². The van der Waals surface area contributed by atoms with Crippen LogP contribution >= 0.6 is 15.9 Å². The summed E-state index contributed by atoms with van der Waals surface area (Å²) in [5.74, 6) is 0.929. The standard InChI is InChI=1S/C13H18BrN5/c1-17(8-9-18-5-2-3-6-18)13-12-15-4-7-19(12)10-11(14)16-13/h4,7,10H,2-3,5-6,8-9H2,1H3. The van der Waals surface area contributed by atoms with Crippen molar-refractivity contribution in [3.8, 4) is 0 Å². The lowest BCUT2D eigenvalue weighted by atomic mass is 10.4. The van der Waals surface area contributed by atoms with Crippen molar-refractivity contribution < 1.29 is 0 Å². The molecule has 6 heteroatoms. The van der Waals surface area contributed by atoms with Crippen LogP contribution < -0.4 is 4.90 Å². The van der Waals surface area contributed by atoms with Crippen LogP contribution in [0.3, 0.4) is 0 Å². The van der Waals surface area contributed by atoms with E-state index in [-0.39, 0.29) is 0 Å². The molecule has 102 valence electrons. The third-order valence-corrected chi connectivity index (χ3v) is 4.02. The van der Waals surface area contributed by atoms with Crippen molar-refractivity contribution in [2.24, 2.45) is 0 Å². The highest BCUT2D eigenvalue weighted by molar-refractivity contribution is 9.10. The minimum Gasteiger partial charge on any atom is -0.355 e. The van der Waals surface area contributed by atoms with E-state index in [9.17, 15) is 0 Å². The maximum atomic E-state index is 4.56. The number of halogens is 1. The molecule has 1 fully saturated rings. The number of likely N-dealkylation sites (tertiary alicyclic amines) is 1. The zero-order valence-corrected chi connectivity index (χ0v) is 12.7. The Morgan fingerprint density at radius 1 is 1.37 bits per heavy atom. The number of hydrogen-bond acceptors (Lipinski definition) is 4. The fraction of sp³-hybridized carbons (Fsp3) is 0.538. The Hall–Kier alpha value is -1.14. The third kappa shape index (κ3) is 2.74. The van der Waals surface area contributed by atoms with Crippen LogP contribution in [0, 0.1) is 0 Å². The molecule has 0 radical (unpaired) electrons. The molecule has 1 saturated heterocycles. The van der Waals surface area contributed by atoms with Gasteiger partial charge in [-0.15, -0.1) is 0 Å². The van der Waals surface area contributed by atoms with Crippen LogP contribution in [0.1, 0.15) is 12.8 Å². The van der Waals surface area contributed by atoms with Gasteiger partial charge in [0, 0.05) is 38.7 Å². The van der Waals surface area contributed by atoms with Gasteiger partial charge in [-0.3, -0.25) is 0 Å². The van der Waals surface area contributed by atoms with Gasteiger partial charge in [0.1, 0.15) is 4.60 Å². The lowest BCUT2D eigenvalue weighted by Crippen LogP contribution is -2.32. The number of imidazole rings is 1. The molecule has 2 aromatic heterocycles. The summed E-state index contributed by atoms with van der Waals surface area (Å²) in [7, 11) is 2.08. The summed E-state index contributed by atoms with van der Waals surface area (Å²) >= 11 is 3.46. The van der Waals surface area contributed by atoms with Crippen LogP contribution in [0.15, 0.2) is 23.2 Å². The molecule has 0 saturated carbocycles. The lowest BCUT2D eigenvalue weighted by molar-refractivity contribution is 0.346. The molecule has 0 aromatic carbocycles. The average molecular weight is 324 g/mol. The van der Waals surface area contributed by atoms with Gasteiger partial charge in [-0.1, -0.05) is 0 Å². The van der Waals surface area contributed by atoms with Crippen molar-refractivity contribution in [2.45, 2.75) is 12.8 Å². The van der Waals surface area contributed by atoms with E-state index in [1.54, 1.807) is 6.20 Å². The summed E-state index contributed by atoms with van der Waals surface area (Å²) in [6.45, 7) is 4.54. The quantitative estimate of drug-likeness (QED) is 0.862. The molecule has 0 spiro atoms. The van der Waals surface area contributed by atoms with Crippen molar-refractivity contribution in [2.75, 3.05) is 38.1 Å². The summed E-state index contributed by atoms with van der Waals surface area (Å²) in [5.41, 5.74) is 0.909. The van der Waals surface area contributed by atoms with Gasteiger partial charge in [0.2, 0.25) is 0 Å². The number of hydrogen-bond donors (Lipinski definition) is 0. The summed E-state index contributed by atoms with van der Waals surface area (Å²) in [6.07, 6.45) is 8.35. The van der Waals surface area contributed by atoms with Gasteiger partial charge in [-0.2, -0.15) is 0 Å². The molecule has 0 amide bonds. The highest BCUT2D eigenvalue weighted by Gasteiger charge is 2.15. The van der Waals surface area contributed by atoms with Crippen molar-refractivity contribution >= 4 is 27.4 Å². The molecule has 1 aliphatic rings. The summed E-state index contributed by atoms with van der Waals surface area (Å²) < 4.78 is 2.83. The Morgan fingerprint density at radius 3 is 2.95 bits per heavy atom. The Kier molecular flexibility index (Phi) is 3.70. The molecule has 3 rings (SSSR count). The molecule has 0 atom stereocenters. The summed E-state index contributed by atoms with van der Waals surface area (Å²) in [6, 6.07) is 0. The molecule has 0 unspecified atom stereocenters. The van der Waals surface area contributed by atoms with Crippen LogP contribution in [-0.4, -0.2) is 52.5 Å². The smallest absolute Gasteiger partial charge is 0.180 e. The molecule has 0 aliphatic carbocycles. The molecule has 3 heterocycles. The molecule has 19 heavy (non-hydrogen) atoms. The molecule has 1 aliphatic heterocycles. The Bertz CT molecular complexity index is 561. The molecule has 0 N–H and O–H groups in total. The van der Waals surface area contributed by atoms with Crippen molar-refractivity contribution in [1.82, 2.24) is 19.3 Å². The second kappa shape index (κ2) is 5.46. The fourth-order valence-electron chi connectivity index (χ4n) is 2.54. The average Bonchev–Trinajstić information content (AvgIpc) is 3.05.